The van der Waals surface area contributed by atoms with Crippen LogP contribution in [0.3, 0.4) is 0 Å². The van der Waals surface area contributed by atoms with Crippen LogP contribution in [-0.4, -0.2) is 35.5 Å². The first-order chi connectivity index (χ1) is 14.0. The van der Waals surface area contributed by atoms with E-state index in [4.69, 9.17) is 34.8 Å². The fourth-order valence-corrected chi connectivity index (χ4v) is 2.61. The van der Waals surface area contributed by atoms with E-state index in [0.29, 0.717) is 0 Å². The highest BCUT2D eigenvalue weighted by Crippen LogP contribution is 2.24. The van der Waals surface area contributed by atoms with Crippen molar-refractivity contribution < 1.29 is 41.6 Å². The summed E-state index contributed by atoms with van der Waals surface area (Å²) in [5, 5.41) is 0. The molecule has 0 N–H and O–H groups in total. The van der Waals surface area contributed by atoms with Gasteiger partial charge in [0.05, 0.1) is 43.4 Å². The van der Waals surface area contributed by atoms with Crippen LogP contribution in [-0.2, 0) is 0 Å². The third-order valence-corrected chi connectivity index (χ3v) is 4.93. The number of quaternary nitrogens is 1. The third kappa shape index (κ3) is 14.4. The number of benzene rings is 1. The van der Waals surface area contributed by atoms with Gasteiger partial charge in [-0.15, -0.1) is 0 Å². The van der Waals surface area contributed by atoms with E-state index < -0.39 is 38.4 Å². The zero-order chi connectivity index (χ0) is 23.9. The first-order valence-electron chi connectivity index (χ1n) is 8.31. The van der Waals surface area contributed by atoms with Gasteiger partial charge >= 0.3 is 0 Å². The molecule has 0 saturated heterocycles. The fourth-order valence-electron chi connectivity index (χ4n) is 1.81. The van der Waals surface area contributed by atoms with Crippen molar-refractivity contribution in [1.82, 2.24) is 0 Å². The maximum absolute atomic E-state index is 13.8. The second-order valence-corrected chi connectivity index (χ2v) is 9.14. The summed E-state index contributed by atoms with van der Waals surface area (Å²) in [6, 6.07) is 0. The van der Waals surface area contributed by atoms with E-state index in [1.807, 2.05) is 0 Å². The van der Waals surface area contributed by atoms with E-state index in [-0.39, 0.29) is 24.0 Å². The summed E-state index contributed by atoms with van der Waals surface area (Å²) in [7, 11) is 2.29. The number of rotatable bonds is 3. The molecule has 0 amide bonds. The van der Waals surface area contributed by atoms with E-state index in [1.165, 1.54) is 24.1 Å². The van der Waals surface area contributed by atoms with Gasteiger partial charge in [0, 0.05) is 67.8 Å². The van der Waals surface area contributed by atoms with Gasteiger partial charge in [-0.05, 0) is 50.3 Å². The summed E-state index contributed by atoms with van der Waals surface area (Å²) in [6.07, 6.45) is 0. The Morgan fingerprint density at radius 3 is 1.00 bits per heavy atom. The molecule has 1 rings (SSSR count). The minimum atomic E-state index is -1.10. The quantitative estimate of drug-likeness (QED) is 0.177. The summed E-state index contributed by atoms with van der Waals surface area (Å²) >= 11 is 19.3. The maximum atomic E-state index is 13.8. The predicted octanol–water partition coefficient (Wildman–Crippen LogP) is 4.82. The molecule has 0 heterocycles. The highest BCUT2D eigenvalue weighted by Gasteiger charge is 2.22. The largest absolute Gasteiger partial charge is 1.00 e. The number of hydrogen-bond acceptors (Lipinski definition) is 0. The Kier molecular flexibility index (Phi) is 24.8. The molecular formula is C20H19Cl3F3I4N. The molecule has 1 aromatic carbocycles. The Morgan fingerprint density at radius 2 is 0.903 bits per heavy atom. The summed E-state index contributed by atoms with van der Waals surface area (Å²) in [4.78, 5) is 0. The fraction of sp³-hybridized carbons (Fsp3) is 0.400. The minimum absolute atomic E-state index is 0. The predicted molar refractivity (Wildman–Crippen MR) is 148 cm³/mol. The molecule has 0 bridgehead atoms. The minimum Gasteiger partial charge on any atom is -1.00 e. The SMILES string of the molecule is CC[N+](C)(CC)CC.ClC(Cl)Cl.Fc1c(C#CI)c(F)c(C#CI)c(F)c1C#CI.[I-]. The van der Waals surface area contributed by atoms with E-state index in [1.54, 1.807) is 67.8 Å². The van der Waals surface area contributed by atoms with Gasteiger partial charge < -0.3 is 28.5 Å². The van der Waals surface area contributed by atoms with Crippen molar-refractivity contribution in [2.24, 2.45) is 0 Å². The molecule has 1 nitrogen and oxygen atoms in total. The van der Waals surface area contributed by atoms with Crippen LogP contribution in [0.25, 0.3) is 0 Å². The molecule has 0 saturated carbocycles. The van der Waals surface area contributed by atoms with Crippen molar-refractivity contribution in [3.05, 3.63) is 34.1 Å². The number of hydrogen-bond donors (Lipinski definition) is 0. The number of halogens is 10. The van der Waals surface area contributed by atoms with Crippen LogP contribution in [0.1, 0.15) is 37.5 Å². The second-order valence-electron chi connectivity index (χ2n) is 5.54. The topological polar surface area (TPSA) is 0 Å². The molecule has 0 aliphatic carbocycles. The average molecular weight is 944 g/mol. The molecule has 0 unspecified atom stereocenters. The second kappa shape index (κ2) is 20.8. The van der Waals surface area contributed by atoms with Crippen LogP contribution in [0, 0.1) is 47.0 Å². The molecule has 0 aliphatic rings. The Balaban J connectivity index is -0.000000504. The van der Waals surface area contributed by atoms with Gasteiger partial charge in [0.2, 0.25) is 0 Å². The maximum Gasteiger partial charge on any atom is 0.180 e. The van der Waals surface area contributed by atoms with Crippen molar-refractivity contribution in [2.75, 3.05) is 26.7 Å². The van der Waals surface area contributed by atoms with Crippen molar-refractivity contribution in [3.8, 4) is 29.5 Å². The molecule has 0 fully saturated rings. The van der Waals surface area contributed by atoms with Gasteiger partial charge in [-0.25, -0.2) is 13.2 Å². The Morgan fingerprint density at radius 1 is 0.710 bits per heavy atom. The monoisotopic (exact) mass is 943 g/mol. The van der Waals surface area contributed by atoms with E-state index in [9.17, 15) is 13.2 Å². The van der Waals surface area contributed by atoms with Crippen LogP contribution in [0.4, 0.5) is 13.2 Å². The first-order valence-corrected chi connectivity index (χ1v) is 12.9. The Hall–Kier alpha value is 1.44. The number of alkyl halides is 3. The highest BCUT2D eigenvalue weighted by molar-refractivity contribution is 14.1. The average Bonchev–Trinajstić information content (AvgIpc) is 2.71. The van der Waals surface area contributed by atoms with E-state index in [0.717, 1.165) is 0 Å². The van der Waals surface area contributed by atoms with Crippen LogP contribution >= 0.6 is 103 Å². The lowest BCUT2D eigenvalue weighted by Crippen LogP contribution is -3.00. The molecule has 1 aromatic rings. The van der Waals surface area contributed by atoms with E-state index in [2.05, 4.69) is 57.4 Å². The molecule has 11 heteroatoms. The highest BCUT2D eigenvalue weighted by atomic mass is 127. The Bertz CT molecular complexity index is 748. The summed E-state index contributed by atoms with van der Waals surface area (Å²) in [5.74, 6) is 3.45. The standard InChI is InChI=1S/C12F3I3.C7H18N.CHCl3.HI/c13-10-7(1-4-16)11(14)9(3-6-18)12(15)8(10)2-5-17;1-5-8(4,6-2)7-3;2-1(3)4;/h;5-7H2,1-4H3;1H;1H/q;+1;;/p-1. The summed E-state index contributed by atoms with van der Waals surface area (Å²) in [5.41, 5.74) is -1.56. The lowest BCUT2D eigenvalue weighted by Gasteiger charge is -2.30. The van der Waals surface area contributed by atoms with Crippen molar-refractivity contribution in [3.63, 3.8) is 0 Å². The van der Waals surface area contributed by atoms with Crippen LogP contribution in [0.2, 0.25) is 0 Å². The molecule has 31 heavy (non-hydrogen) atoms. The van der Waals surface area contributed by atoms with Gasteiger partial charge in [-0.1, -0.05) is 34.8 Å². The molecule has 0 aliphatic heterocycles. The molecule has 174 valence electrons. The normalized spacial score (nSPS) is 9.10. The first kappa shape index (κ1) is 37.0. The van der Waals surface area contributed by atoms with Gasteiger partial charge in [0.1, 0.15) is 0 Å². The lowest BCUT2D eigenvalue weighted by molar-refractivity contribution is -0.904. The number of nitrogens with zero attached hydrogens (tertiary/aromatic N) is 1. The van der Waals surface area contributed by atoms with Crippen LogP contribution in [0.15, 0.2) is 0 Å². The smallest absolute Gasteiger partial charge is 0.180 e. The molecular weight excluding hydrogens is 925 g/mol. The van der Waals surface area contributed by atoms with Gasteiger partial charge in [-0.2, -0.15) is 0 Å². The van der Waals surface area contributed by atoms with Crippen LogP contribution < -0.4 is 24.0 Å². The summed E-state index contributed by atoms with van der Waals surface area (Å²) in [6.45, 7) is 10.5. The van der Waals surface area contributed by atoms with Gasteiger partial charge in [0.25, 0.3) is 0 Å². The third-order valence-electron chi connectivity index (χ3n) is 4.12. The van der Waals surface area contributed by atoms with Crippen molar-refractivity contribution in [1.29, 1.82) is 0 Å². The zero-order valence-electron chi connectivity index (χ0n) is 16.9. The van der Waals surface area contributed by atoms with Crippen LogP contribution in [0.5, 0.6) is 0 Å². The summed E-state index contributed by atoms with van der Waals surface area (Å²) < 4.78 is 49.0. The molecule has 0 radical (unpaired) electrons. The van der Waals surface area contributed by atoms with E-state index >= 15 is 0 Å². The Labute approximate surface area is 256 Å². The molecule has 0 atom stereocenters. The van der Waals surface area contributed by atoms with Gasteiger partial charge in [-0.3, -0.25) is 0 Å². The lowest BCUT2D eigenvalue weighted by atomic mass is 10.0. The molecule has 0 aromatic heterocycles. The van der Waals surface area contributed by atoms with Crippen molar-refractivity contribution >= 4 is 103 Å². The van der Waals surface area contributed by atoms with Gasteiger partial charge in [0.15, 0.2) is 21.7 Å². The zero-order valence-corrected chi connectivity index (χ0v) is 27.8. The molecule has 0 spiro atoms. The van der Waals surface area contributed by atoms with Crippen molar-refractivity contribution in [2.45, 2.75) is 25.1 Å².